The third kappa shape index (κ3) is 2.11. The lowest BCUT2D eigenvalue weighted by molar-refractivity contribution is -0.148. The summed E-state index contributed by atoms with van der Waals surface area (Å²) in [6.45, 7) is 0. The van der Waals surface area contributed by atoms with Crippen molar-refractivity contribution < 1.29 is 19.1 Å². The third-order valence-corrected chi connectivity index (χ3v) is 5.92. The summed E-state index contributed by atoms with van der Waals surface area (Å²) >= 11 is 0. The zero-order valence-electron chi connectivity index (χ0n) is 15.2. The number of para-hydroxylation sites is 1. The molecule has 140 valence electrons. The second-order valence-electron chi connectivity index (χ2n) is 7.20. The molecule has 3 aliphatic rings. The largest absolute Gasteiger partial charge is 0.467 e. The third-order valence-electron chi connectivity index (χ3n) is 5.92. The van der Waals surface area contributed by atoms with Crippen LogP contribution in [0.15, 0.2) is 60.8 Å². The summed E-state index contributed by atoms with van der Waals surface area (Å²) in [5.74, 6) is -2.54. The second kappa shape index (κ2) is 6.05. The first kappa shape index (κ1) is 16.7. The van der Waals surface area contributed by atoms with Crippen LogP contribution in [0, 0.1) is 11.8 Å². The molecule has 0 aromatic heterocycles. The van der Waals surface area contributed by atoms with E-state index >= 15 is 0 Å². The number of esters is 1. The quantitative estimate of drug-likeness (QED) is 0.596. The highest BCUT2D eigenvalue weighted by Crippen LogP contribution is 2.53. The van der Waals surface area contributed by atoms with Gasteiger partial charge in [0.05, 0.1) is 30.7 Å². The van der Waals surface area contributed by atoms with Gasteiger partial charge in [0.15, 0.2) is 0 Å². The Labute approximate surface area is 162 Å². The number of nitrogens with zero attached hydrogens (tertiary/aromatic N) is 2. The van der Waals surface area contributed by atoms with Crippen LogP contribution in [0.5, 0.6) is 0 Å². The number of benzene rings is 2. The van der Waals surface area contributed by atoms with Crippen LogP contribution in [0.2, 0.25) is 0 Å². The number of hydrogen-bond donors (Lipinski definition) is 0. The van der Waals surface area contributed by atoms with Gasteiger partial charge in [0.1, 0.15) is 6.04 Å². The summed E-state index contributed by atoms with van der Waals surface area (Å²) < 4.78 is 5.01. The van der Waals surface area contributed by atoms with Crippen LogP contribution in [-0.4, -0.2) is 35.8 Å². The maximum absolute atomic E-state index is 13.4. The summed E-state index contributed by atoms with van der Waals surface area (Å²) in [6, 6.07) is 15.4. The number of amides is 2. The summed E-state index contributed by atoms with van der Waals surface area (Å²) in [4.78, 5) is 42.4. The molecule has 2 fully saturated rings. The lowest BCUT2D eigenvalue weighted by Gasteiger charge is -2.34. The minimum Gasteiger partial charge on any atom is -0.467 e. The monoisotopic (exact) mass is 374 g/mol. The smallest absolute Gasteiger partial charge is 0.329 e. The van der Waals surface area contributed by atoms with E-state index in [0.29, 0.717) is 5.69 Å². The van der Waals surface area contributed by atoms with Gasteiger partial charge in [-0.15, -0.1) is 0 Å². The molecule has 2 aromatic rings. The van der Waals surface area contributed by atoms with E-state index in [-0.39, 0.29) is 17.9 Å². The second-order valence-corrected chi connectivity index (χ2v) is 7.20. The Bertz CT molecular complexity index is 1020. The van der Waals surface area contributed by atoms with Crippen molar-refractivity contribution in [2.75, 3.05) is 12.0 Å². The van der Waals surface area contributed by atoms with Crippen molar-refractivity contribution in [2.24, 2.45) is 11.8 Å². The molecule has 4 atom stereocenters. The molecule has 0 radical (unpaired) electrons. The van der Waals surface area contributed by atoms with E-state index in [1.54, 1.807) is 30.5 Å². The Morgan fingerprint density at radius 3 is 2.36 bits per heavy atom. The van der Waals surface area contributed by atoms with Crippen molar-refractivity contribution in [3.63, 3.8) is 0 Å². The lowest BCUT2D eigenvalue weighted by atomic mass is 9.84. The molecule has 3 aliphatic heterocycles. The highest BCUT2D eigenvalue weighted by Gasteiger charge is 2.65. The minimum absolute atomic E-state index is 0.271. The van der Waals surface area contributed by atoms with Gasteiger partial charge in [-0.3, -0.25) is 9.59 Å². The van der Waals surface area contributed by atoms with Crippen LogP contribution in [0.4, 0.5) is 5.69 Å². The molecular weight excluding hydrogens is 356 g/mol. The number of fused-ring (bicyclic) bond motifs is 5. The first-order valence-electron chi connectivity index (χ1n) is 9.18. The van der Waals surface area contributed by atoms with Gasteiger partial charge < -0.3 is 9.64 Å². The Hall–Kier alpha value is -3.41. The number of hydrogen-bond acceptors (Lipinski definition) is 5. The highest BCUT2D eigenvalue weighted by atomic mass is 16.5. The summed E-state index contributed by atoms with van der Waals surface area (Å²) in [5.41, 5.74) is 2.47. The maximum Gasteiger partial charge on any atom is 0.329 e. The van der Waals surface area contributed by atoms with Gasteiger partial charge in [0.25, 0.3) is 0 Å². The number of carbonyl (C=O) groups is 3. The molecule has 0 spiro atoms. The van der Waals surface area contributed by atoms with Gasteiger partial charge in [-0.25, -0.2) is 9.69 Å². The summed E-state index contributed by atoms with van der Waals surface area (Å²) in [6.07, 6.45) is 3.72. The fraction of sp³-hybridized carbons (Fsp3) is 0.227. The van der Waals surface area contributed by atoms with Gasteiger partial charge in [-0.2, -0.15) is 0 Å². The fourth-order valence-corrected chi connectivity index (χ4v) is 4.78. The predicted molar refractivity (Wildman–Crippen MR) is 102 cm³/mol. The van der Waals surface area contributed by atoms with E-state index in [1.807, 2.05) is 41.3 Å². The summed E-state index contributed by atoms with van der Waals surface area (Å²) in [5, 5.41) is 0. The topological polar surface area (TPSA) is 66.9 Å². The van der Waals surface area contributed by atoms with E-state index in [1.165, 1.54) is 12.0 Å². The zero-order valence-corrected chi connectivity index (χ0v) is 15.2. The highest BCUT2D eigenvalue weighted by molar-refractivity contribution is 6.23. The molecule has 28 heavy (non-hydrogen) atoms. The molecule has 0 saturated carbocycles. The van der Waals surface area contributed by atoms with Crippen LogP contribution in [0.25, 0.3) is 6.08 Å². The average Bonchev–Trinajstić information content (AvgIpc) is 3.21. The SMILES string of the molecule is COC(=O)[C@@H]1[C@@H]2C(=O)N(c3ccccc3)C(=O)[C@@H]2[C@H]2c3ccccc3C=CN12. The Morgan fingerprint density at radius 1 is 0.929 bits per heavy atom. The van der Waals surface area contributed by atoms with Crippen LogP contribution in [-0.2, 0) is 19.1 Å². The van der Waals surface area contributed by atoms with E-state index < -0.39 is 23.8 Å². The Kier molecular flexibility index (Phi) is 3.62. The lowest BCUT2D eigenvalue weighted by Crippen LogP contribution is -2.44. The van der Waals surface area contributed by atoms with Gasteiger partial charge >= 0.3 is 5.97 Å². The van der Waals surface area contributed by atoms with Gasteiger partial charge in [-0.05, 0) is 29.3 Å². The first-order valence-corrected chi connectivity index (χ1v) is 9.18. The minimum atomic E-state index is -0.824. The Morgan fingerprint density at radius 2 is 1.61 bits per heavy atom. The van der Waals surface area contributed by atoms with Crippen LogP contribution in [0.1, 0.15) is 17.2 Å². The van der Waals surface area contributed by atoms with E-state index in [0.717, 1.165) is 11.1 Å². The van der Waals surface area contributed by atoms with Gasteiger partial charge in [0.2, 0.25) is 11.8 Å². The van der Waals surface area contributed by atoms with Crippen molar-refractivity contribution >= 4 is 29.5 Å². The van der Waals surface area contributed by atoms with Crippen molar-refractivity contribution in [3.8, 4) is 0 Å². The average molecular weight is 374 g/mol. The number of anilines is 1. The molecule has 6 nitrogen and oxygen atoms in total. The molecule has 0 unspecified atom stereocenters. The zero-order chi connectivity index (χ0) is 19.4. The standard InChI is InChI=1S/C22H18N2O4/c1-28-22(27)19-17-16(18-15-10-6-5-7-13(15)11-12-23(18)19)20(25)24(21(17)26)14-8-3-2-4-9-14/h2-12,16-19H,1H3/t16-,17+,18+,19-/m0/s1. The van der Waals surface area contributed by atoms with Gasteiger partial charge in [-0.1, -0.05) is 42.5 Å². The van der Waals surface area contributed by atoms with Gasteiger partial charge in [0, 0.05) is 6.20 Å². The maximum atomic E-state index is 13.4. The van der Waals surface area contributed by atoms with Crippen LogP contribution >= 0.6 is 0 Å². The number of ether oxygens (including phenoxy) is 1. The molecule has 0 aliphatic carbocycles. The molecule has 2 amide bonds. The van der Waals surface area contributed by atoms with E-state index in [9.17, 15) is 14.4 Å². The molecule has 3 heterocycles. The summed E-state index contributed by atoms with van der Waals surface area (Å²) in [7, 11) is 1.31. The number of imide groups is 1. The molecule has 0 bridgehead atoms. The first-order chi connectivity index (χ1) is 13.6. The molecule has 6 heteroatoms. The van der Waals surface area contributed by atoms with Crippen molar-refractivity contribution in [1.82, 2.24) is 4.90 Å². The number of carbonyl (C=O) groups excluding carboxylic acids is 3. The number of methoxy groups -OCH3 is 1. The van der Waals surface area contributed by atoms with Crippen molar-refractivity contribution in [1.29, 1.82) is 0 Å². The van der Waals surface area contributed by atoms with Crippen LogP contribution in [0.3, 0.4) is 0 Å². The molecule has 2 saturated heterocycles. The normalized spacial score (nSPS) is 27.5. The molecule has 5 rings (SSSR count). The van der Waals surface area contributed by atoms with E-state index in [2.05, 4.69) is 0 Å². The Balaban J connectivity index is 1.66. The molecular formula is C22H18N2O4. The molecule has 0 N–H and O–H groups in total. The fourth-order valence-electron chi connectivity index (χ4n) is 4.78. The van der Waals surface area contributed by atoms with Crippen molar-refractivity contribution in [3.05, 3.63) is 71.9 Å². The number of rotatable bonds is 2. The predicted octanol–water partition coefficient (Wildman–Crippen LogP) is 2.38. The van der Waals surface area contributed by atoms with Crippen molar-refractivity contribution in [2.45, 2.75) is 12.1 Å². The van der Waals surface area contributed by atoms with Crippen LogP contribution < -0.4 is 4.90 Å². The molecule has 2 aromatic carbocycles. The van der Waals surface area contributed by atoms with E-state index in [4.69, 9.17) is 4.74 Å².